The van der Waals surface area contributed by atoms with Crippen LogP contribution in [0.5, 0.6) is 34.5 Å². The van der Waals surface area contributed by atoms with Crippen LogP contribution in [0.25, 0.3) is 0 Å². The Morgan fingerprint density at radius 2 is 0.828 bits per heavy atom. The maximum atomic E-state index is 14.3. The minimum absolute atomic E-state index is 0.000302. The van der Waals surface area contributed by atoms with Crippen molar-refractivity contribution in [1.82, 2.24) is 0 Å². The Balaban J connectivity index is 1.52. The predicted octanol–water partition coefficient (Wildman–Crippen LogP) is 11.3. The number of aromatic hydroxyl groups is 4. The molecule has 0 fully saturated rings. The number of ether oxygens (including phenoxy) is 2. The molecule has 4 N–H and O–H groups in total. The number of benzene rings is 4. The lowest BCUT2D eigenvalue weighted by molar-refractivity contribution is 0.101. The van der Waals surface area contributed by atoms with Crippen LogP contribution in [0, 0.1) is 13.8 Å². The summed E-state index contributed by atoms with van der Waals surface area (Å²) in [6, 6.07) is 13.0. The van der Waals surface area contributed by atoms with E-state index in [9.17, 15) is 30.0 Å². The fraction of sp³-hybridized carbons (Fsp3) is 0.320. The van der Waals surface area contributed by atoms with Gasteiger partial charge < -0.3 is 29.9 Å². The molecule has 2 atom stereocenters. The molecule has 0 saturated heterocycles. The van der Waals surface area contributed by atoms with Gasteiger partial charge in [0.25, 0.3) is 0 Å². The molecule has 58 heavy (non-hydrogen) atoms. The van der Waals surface area contributed by atoms with E-state index in [0.717, 1.165) is 36.8 Å². The number of allylic oxidation sites excluding steroid dienone is 6. The number of aryl methyl sites for hydroxylation is 2. The Morgan fingerprint density at radius 3 is 1.17 bits per heavy atom. The number of hydrogen-bond acceptors (Lipinski definition) is 8. The standard InChI is InChI=1S/C50H54O8/c1-27(2)11-9-13-29(5)15-17-57-33-23-37-43(35-19-31(7)21-39(51)45(35)49(55)47(37)41(53)25-33)44-36-20-32(8)22-40(52)46(36)50(56)48-38(44)24-34(26-42(48)54)58-18-16-30(6)14-10-12-28(3)4/h11-12,15-16,19-26,43-44,51-54H,9-10,13-14,17-18H2,1-8H3/b29-15+,30-16+. The van der Waals surface area contributed by atoms with E-state index in [1.54, 1.807) is 12.1 Å². The molecule has 0 saturated carbocycles. The molecule has 2 aliphatic carbocycles. The second kappa shape index (κ2) is 17.2. The molecule has 6 rings (SSSR count). The van der Waals surface area contributed by atoms with Crippen LogP contribution in [0.1, 0.15) is 144 Å². The highest BCUT2D eigenvalue weighted by Gasteiger charge is 2.46. The summed E-state index contributed by atoms with van der Waals surface area (Å²) in [5.41, 5.74) is 8.03. The van der Waals surface area contributed by atoms with Gasteiger partial charge in [0, 0.05) is 24.0 Å². The Kier molecular flexibility index (Phi) is 12.4. The summed E-state index contributed by atoms with van der Waals surface area (Å²) < 4.78 is 12.4. The summed E-state index contributed by atoms with van der Waals surface area (Å²) in [6.45, 7) is 16.4. The largest absolute Gasteiger partial charge is 0.507 e. The summed E-state index contributed by atoms with van der Waals surface area (Å²) >= 11 is 0. The van der Waals surface area contributed by atoms with Crippen LogP contribution >= 0.6 is 0 Å². The van der Waals surface area contributed by atoms with Crippen LogP contribution in [-0.2, 0) is 0 Å². The lowest BCUT2D eigenvalue weighted by atomic mass is 9.63. The zero-order valence-electron chi connectivity index (χ0n) is 34.7. The maximum Gasteiger partial charge on any atom is 0.201 e. The first-order valence-electron chi connectivity index (χ1n) is 19.9. The molecular formula is C50H54O8. The summed E-state index contributed by atoms with van der Waals surface area (Å²) in [5, 5.41) is 46.0. The monoisotopic (exact) mass is 782 g/mol. The molecule has 302 valence electrons. The van der Waals surface area contributed by atoms with Gasteiger partial charge in [-0.25, -0.2) is 0 Å². The van der Waals surface area contributed by atoms with Crippen LogP contribution in [0.4, 0.5) is 0 Å². The minimum Gasteiger partial charge on any atom is -0.507 e. The summed E-state index contributed by atoms with van der Waals surface area (Å²) in [4.78, 5) is 28.7. The van der Waals surface area contributed by atoms with Crippen LogP contribution in [0.3, 0.4) is 0 Å². The molecule has 8 heteroatoms. The van der Waals surface area contributed by atoms with Gasteiger partial charge >= 0.3 is 0 Å². The Hall–Kier alpha value is -6.02. The van der Waals surface area contributed by atoms with E-state index in [4.69, 9.17) is 9.47 Å². The van der Waals surface area contributed by atoms with Gasteiger partial charge in [-0.3, -0.25) is 9.59 Å². The van der Waals surface area contributed by atoms with Gasteiger partial charge in [-0.1, -0.05) is 46.6 Å². The molecule has 2 unspecified atom stereocenters. The first-order valence-corrected chi connectivity index (χ1v) is 19.9. The molecule has 0 amide bonds. The summed E-state index contributed by atoms with van der Waals surface area (Å²) in [5.74, 6) is -3.20. The summed E-state index contributed by atoms with van der Waals surface area (Å²) in [7, 11) is 0. The van der Waals surface area contributed by atoms with Crippen molar-refractivity contribution in [3.63, 3.8) is 0 Å². The van der Waals surface area contributed by atoms with Gasteiger partial charge in [-0.05, 0) is 151 Å². The molecule has 0 aromatic heterocycles. The van der Waals surface area contributed by atoms with E-state index in [2.05, 4.69) is 39.8 Å². The molecule has 0 spiro atoms. The maximum absolute atomic E-state index is 14.3. The van der Waals surface area contributed by atoms with Crippen LogP contribution in [0.2, 0.25) is 0 Å². The van der Waals surface area contributed by atoms with Crippen LogP contribution in [0.15, 0.2) is 95.1 Å². The SMILES string of the molecule is CC(C)=CCC/C(C)=C/COc1cc(O)c2c(c1)C(C1c3cc(C)cc(O)c3C(=O)c3c(O)cc(OC/C=C(\C)CCC=C(C)C)cc31)c1cc(C)cc(O)c1C2=O. The first-order chi connectivity index (χ1) is 27.5. The quantitative estimate of drug-likeness (QED) is 0.0985. The van der Waals surface area contributed by atoms with Crippen molar-refractivity contribution in [3.8, 4) is 34.5 Å². The van der Waals surface area contributed by atoms with Gasteiger partial charge in [-0.15, -0.1) is 0 Å². The normalized spacial score (nSPS) is 15.9. The molecule has 0 aliphatic heterocycles. The summed E-state index contributed by atoms with van der Waals surface area (Å²) in [6.07, 6.45) is 11.9. The topological polar surface area (TPSA) is 134 Å². The highest BCUT2D eigenvalue weighted by Crippen LogP contribution is 2.57. The van der Waals surface area contributed by atoms with E-state index in [-0.39, 0.29) is 58.5 Å². The lowest BCUT2D eigenvalue weighted by Crippen LogP contribution is -2.30. The molecule has 2 aliphatic rings. The number of phenolic OH excluding ortho intramolecular Hbond substituents is 4. The van der Waals surface area contributed by atoms with Crippen LogP contribution < -0.4 is 9.47 Å². The number of phenols is 4. The van der Waals surface area contributed by atoms with Crippen LogP contribution in [-0.4, -0.2) is 45.2 Å². The average molecular weight is 783 g/mol. The average Bonchev–Trinajstić information content (AvgIpc) is 3.11. The first kappa shape index (κ1) is 41.6. The fourth-order valence-electron chi connectivity index (χ4n) is 8.22. The number of carbonyl (C=O) groups excluding carboxylic acids is 2. The number of carbonyl (C=O) groups is 2. The van der Waals surface area contributed by atoms with Crippen molar-refractivity contribution in [2.75, 3.05) is 13.2 Å². The number of rotatable bonds is 13. The number of ketones is 2. The van der Waals surface area contributed by atoms with E-state index < -0.39 is 23.4 Å². The van der Waals surface area contributed by atoms with Crippen molar-refractivity contribution >= 4 is 11.6 Å². The van der Waals surface area contributed by atoms with E-state index in [0.29, 0.717) is 44.9 Å². The number of hydrogen-bond donors (Lipinski definition) is 4. The minimum atomic E-state index is -0.817. The Morgan fingerprint density at radius 1 is 0.500 bits per heavy atom. The molecular weight excluding hydrogens is 729 g/mol. The number of fused-ring (bicyclic) bond motifs is 4. The van der Waals surface area contributed by atoms with Crippen molar-refractivity contribution < 1.29 is 39.5 Å². The zero-order valence-corrected chi connectivity index (χ0v) is 34.7. The molecule has 0 radical (unpaired) electrons. The highest BCUT2D eigenvalue weighted by molar-refractivity contribution is 6.18. The van der Waals surface area contributed by atoms with Crippen molar-refractivity contribution in [2.24, 2.45) is 0 Å². The lowest BCUT2D eigenvalue weighted by Gasteiger charge is -2.39. The Labute approximate surface area is 341 Å². The van der Waals surface area contributed by atoms with Crippen molar-refractivity contribution in [2.45, 2.75) is 92.9 Å². The van der Waals surface area contributed by atoms with Gasteiger partial charge in [0.05, 0.1) is 22.3 Å². The fourth-order valence-corrected chi connectivity index (χ4v) is 8.22. The second-order valence-electron chi connectivity index (χ2n) is 16.3. The van der Waals surface area contributed by atoms with E-state index in [1.165, 1.54) is 35.4 Å². The molecule has 0 heterocycles. The molecule has 4 aromatic carbocycles. The second-order valence-corrected chi connectivity index (χ2v) is 16.3. The van der Waals surface area contributed by atoms with E-state index >= 15 is 0 Å². The van der Waals surface area contributed by atoms with Gasteiger partial charge in [0.2, 0.25) is 11.6 Å². The third-order valence-corrected chi connectivity index (χ3v) is 11.0. The third-order valence-electron chi connectivity index (χ3n) is 11.0. The third kappa shape index (κ3) is 8.61. The van der Waals surface area contributed by atoms with Gasteiger partial charge in [-0.2, -0.15) is 0 Å². The smallest absolute Gasteiger partial charge is 0.201 e. The molecule has 0 bridgehead atoms. The molecule has 8 nitrogen and oxygen atoms in total. The Bertz CT molecular complexity index is 2250. The van der Waals surface area contributed by atoms with Crippen molar-refractivity contribution in [1.29, 1.82) is 0 Å². The highest BCUT2D eigenvalue weighted by atomic mass is 16.5. The van der Waals surface area contributed by atoms with Crippen molar-refractivity contribution in [3.05, 3.63) is 151 Å². The van der Waals surface area contributed by atoms with Gasteiger partial charge in [0.1, 0.15) is 47.7 Å². The molecule has 4 aromatic rings. The van der Waals surface area contributed by atoms with E-state index in [1.807, 2.05) is 52.0 Å². The van der Waals surface area contributed by atoms with Gasteiger partial charge in [0.15, 0.2) is 0 Å². The predicted molar refractivity (Wildman–Crippen MR) is 228 cm³/mol. The zero-order chi connectivity index (χ0) is 42.0.